The lowest BCUT2D eigenvalue weighted by Gasteiger charge is -2.15. The van der Waals surface area contributed by atoms with Crippen molar-refractivity contribution < 1.29 is 14.7 Å². The molecule has 2 N–H and O–H groups in total. The van der Waals surface area contributed by atoms with Crippen LogP contribution in [0.3, 0.4) is 0 Å². The van der Waals surface area contributed by atoms with E-state index < -0.39 is 5.97 Å². The summed E-state index contributed by atoms with van der Waals surface area (Å²) in [6.07, 6.45) is 1.50. The van der Waals surface area contributed by atoms with Gasteiger partial charge in [-0.1, -0.05) is 11.8 Å². The number of nitrogens with one attached hydrogen (secondary N) is 1. The van der Waals surface area contributed by atoms with Crippen LogP contribution in [0.15, 0.2) is 29.4 Å². The van der Waals surface area contributed by atoms with Gasteiger partial charge in [0.2, 0.25) is 5.91 Å². The first-order valence-corrected chi connectivity index (χ1v) is 7.80. The van der Waals surface area contributed by atoms with E-state index in [1.807, 2.05) is 24.3 Å². The van der Waals surface area contributed by atoms with Crippen molar-refractivity contribution in [1.29, 1.82) is 0 Å². The molecule has 0 radical (unpaired) electrons. The van der Waals surface area contributed by atoms with Gasteiger partial charge in [-0.3, -0.25) is 9.59 Å². The Morgan fingerprint density at radius 3 is 2.73 bits per heavy atom. The second kappa shape index (κ2) is 6.18. The highest BCUT2D eigenvalue weighted by atomic mass is 32.2. The van der Waals surface area contributed by atoms with E-state index in [9.17, 15) is 9.59 Å². The Labute approximate surface area is 130 Å². The van der Waals surface area contributed by atoms with Gasteiger partial charge in [-0.2, -0.15) is 0 Å². The summed E-state index contributed by atoms with van der Waals surface area (Å²) in [6.45, 7) is 0.760. The molecule has 0 aliphatic carbocycles. The first kappa shape index (κ1) is 14.6. The number of carbonyl (C=O) groups is 2. The molecule has 0 bridgehead atoms. The molecule has 1 aromatic heterocycles. The lowest BCUT2D eigenvalue weighted by atomic mass is 10.2. The van der Waals surface area contributed by atoms with Crippen LogP contribution in [0.25, 0.3) is 11.4 Å². The summed E-state index contributed by atoms with van der Waals surface area (Å²) < 4.78 is 0. The number of aromatic nitrogens is 3. The van der Waals surface area contributed by atoms with Crippen LogP contribution in [0.4, 0.5) is 5.69 Å². The minimum absolute atomic E-state index is 0.0648. The van der Waals surface area contributed by atoms with Crippen LogP contribution in [-0.4, -0.2) is 44.5 Å². The number of aliphatic carboxylic acids is 1. The van der Waals surface area contributed by atoms with Gasteiger partial charge in [0.15, 0.2) is 11.0 Å². The quantitative estimate of drug-likeness (QED) is 0.815. The van der Waals surface area contributed by atoms with E-state index >= 15 is 0 Å². The fourth-order valence-corrected chi connectivity index (χ4v) is 2.82. The molecule has 0 saturated carbocycles. The number of anilines is 1. The number of H-pyrrole nitrogens is 1. The molecule has 2 aromatic rings. The number of benzene rings is 1. The molecule has 1 amide bonds. The van der Waals surface area contributed by atoms with E-state index in [-0.39, 0.29) is 11.7 Å². The van der Waals surface area contributed by atoms with Crippen molar-refractivity contribution in [3.05, 3.63) is 24.3 Å². The number of carboxylic acids is 1. The minimum atomic E-state index is -0.900. The summed E-state index contributed by atoms with van der Waals surface area (Å²) in [7, 11) is 0. The van der Waals surface area contributed by atoms with Crippen LogP contribution in [-0.2, 0) is 9.59 Å². The van der Waals surface area contributed by atoms with Crippen LogP contribution >= 0.6 is 11.8 Å². The maximum absolute atomic E-state index is 11.7. The van der Waals surface area contributed by atoms with Crippen molar-refractivity contribution in [2.45, 2.75) is 18.0 Å². The average molecular weight is 318 g/mol. The predicted molar refractivity (Wildman–Crippen MR) is 81.8 cm³/mol. The zero-order valence-corrected chi connectivity index (χ0v) is 12.5. The number of thioether (sulfide) groups is 1. The molecule has 1 fully saturated rings. The molecule has 1 aromatic carbocycles. The monoisotopic (exact) mass is 318 g/mol. The third kappa shape index (κ3) is 3.11. The van der Waals surface area contributed by atoms with Crippen LogP contribution in [0.1, 0.15) is 12.8 Å². The SMILES string of the molecule is O=C(O)CSc1nnc(-c2ccc(N3CCCC3=O)cc2)[nH]1. The molecule has 0 spiro atoms. The fourth-order valence-electron chi connectivity index (χ4n) is 2.29. The maximum atomic E-state index is 11.7. The number of rotatable bonds is 5. The van der Waals surface area contributed by atoms with E-state index in [4.69, 9.17) is 5.11 Å². The smallest absolute Gasteiger partial charge is 0.313 e. The van der Waals surface area contributed by atoms with Gasteiger partial charge in [0.1, 0.15) is 0 Å². The standard InChI is InChI=1S/C14H14N4O3S/c19-11-2-1-7-18(11)10-5-3-9(4-6-10)13-15-14(17-16-13)22-8-12(20)21/h3-6H,1-2,7-8H2,(H,20,21)(H,15,16,17). The maximum Gasteiger partial charge on any atom is 0.313 e. The second-order valence-electron chi connectivity index (χ2n) is 4.86. The summed E-state index contributed by atoms with van der Waals surface area (Å²) in [5.74, 6) is -0.237. The Morgan fingerprint density at radius 2 is 2.09 bits per heavy atom. The molecule has 114 valence electrons. The fraction of sp³-hybridized carbons (Fsp3) is 0.286. The molecule has 0 unspecified atom stereocenters. The highest BCUT2D eigenvalue weighted by Gasteiger charge is 2.21. The number of hydrogen-bond acceptors (Lipinski definition) is 5. The molecule has 3 rings (SSSR count). The van der Waals surface area contributed by atoms with Crippen LogP contribution < -0.4 is 4.90 Å². The molecule has 1 aliphatic heterocycles. The number of carboxylic acid groups (broad SMARTS) is 1. The zero-order chi connectivity index (χ0) is 15.5. The number of nitrogens with zero attached hydrogens (tertiary/aromatic N) is 3. The molecule has 22 heavy (non-hydrogen) atoms. The van der Waals surface area contributed by atoms with Crippen molar-refractivity contribution in [2.24, 2.45) is 0 Å². The van der Waals surface area contributed by atoms with Gasteiger partial charge in [-0.05, 0) is 30.7 Å². The van der Waals surface area contributed by atoms with E-state index in [0.29, 0.717) is 17.4 Å². The molecule has 7 nitrogen and oxygen atoms in total. The molecule has 1 saturated heterocycles. The van der Waals surface area contributed by atoms with E-state index in [0.717, 1.165) is 36.0 Å². The summed E-state index contributed by atoms with van der Waals surface area (Å²) in [5.41, 5.74) is 1.72. The first-order chi connectivity index (χ1) is 10.6. The normalized spacial score (nSPS) is 14.5. The van der Waals surface area contributed by atoms with Gasteiger partial charge >= 0.3 is 5.97 Å². The second-order valence-corrected chi connectivity index (χ2v) is 5.82. The van der Waals surface area contributed by atoms with Crippen molar-refractivity contribution in [3.8, 4) is 11.4 Å². The van der Waals surface area contributed by atoms with Crippen LogP contribution in [0.2, 0.25) is 0 Å². The summed E-state index contributed by atoms with van der Waals surface area (Å²) in [4.78, 5) is 27.0. The molecule has 2 heterocycles. The predicted octanol–water partition coefficient (Wildman–Crippen LogP) is 1.78. The van der Waals surface area contributed by atoms with Gasteiger partial charge in [0.05, 0.1) is 5.75 Å². The van der Waals surface area contributed by atoms with Gasteiger partial charge < -0.3 is 15.0 Å². The molecule has 1 aliphatic rings. The van der Waals surface area contributed by atoms with Crippen molar-refractivity contribution >= 4 is 29.3 Å². The highest BCUT2D eigenvalue weighted by Crippen LogP contribution is 2.25. The van der Waals surface area contributed by atoms with Gasteiger partial charge in [-0.15, -0.1) is 10.2 Å². The Hall–Kier alpha value is -2.35. The van der Waals surface area contributed by atoms with Crippen LogP contribution in [0, 0.1) is 0 Å². The Balaban J connectivity index is 1.72. The summed E-state index contributed by atoms with van der Waals surface area (Å²) >= 11 is 1.09. The third-order valence-corrected chi connectivity index (χ3v) is 4.17. The van der Waals surface area contributed by atoms with Gasteiger partial charge in [0, 0.05) is 24.2 Å². The number of amides is 1. The molecule has 0 atom stereocenters. The Morgan fingerprint density at radius 1 is 1.32 bits per heavy atom. The lowest BCUT2D eigenvalue weighted by Crippen LogP contribution is -2.23. The van der Waals surface area contributed by atoms with E-state index in [1.165, 1.54) is 0 Å². The van der Waals surface area contributed by atoms with Crippen molar-refractivity contribution in [1.82, 2.24) is 15.2 Å². The van der Waals surface area contributed by atoms with E-state index in [1.54, 1.807) is 4.90 Å². The number of aromatic amines is 1. The van der Waals surface area contributed by atoms with Crippen molar-refractivity contribution in [2.75, 3.05) is 17.2 Å². The summed E-state index contributed by atoms with van der Waals surface area (Å²) in [5, 5.41) is 17.0. The zero-order valence-electron chi connectivity index (χ0n) is 11.7. The highest BCUT2D eigenvalue weighted by molar-refractivity contribution is 7.99. The average Bonchev–Trinajstić information content (AvgIpc) is 3.14. The number of carbonyl (C=O) groups excluding carboxylic acids is 1. The van der Waals surface area contributed by atoms with Crippen molar-refractivity contribution in [3.63, 3.8) is 0 Å². The molecular formula is C14H14N4O3S. The van der Waals surface area contributed by atoms with Gasteiger partial charge in [-0.25, -0.2) is 0 Å². The Bertz CT molecular complexity index is 698. The van der Waals surface area contributed by atoms with Gasteiger partial charge in [0.25, 0.3) is 0 Å². The van der Waals surface area contributed by atoms with E-state index in [2.05, 4.69) is 15.2 Å². The topological polar surface area (TPSA) is 99.2 Å². The molecule has 8 heteroatoms. The third-order valence-electron chi connectivity index (χ3n) is 3.32. The van der Waals surface area contributed by atoms with Crippen LogP contribution in [0.5, 0.6) is 0 Å². The largest absolute Gasteiger partial charge is 0.481 e. The summed E-state index contributed by atoms with van der Waals surface area (Å²) in [6, 6.07) is 7.50. The first-order valence-electron chi connectivity index (χ1n) is 6.81. The number of hydrogen-bond donors (Lipinski definition) is 2. The molecular weight excluding hydrogens is 304 g/mol. The minimum Gasteiger partial charge on any atom is -0.481 e. The Kier molecular flexibility index (Phi) is 4.10. The lowest BCUT2D eigenvalue weighted by molar-refractivity contribution is -0.133.